The standard InChI is InChI=1S/C25H23ClN2O2S/c1-16-11-12-21(13-17(16)2)28-22(29)15-31-25(28)19-9-6-10-20(14-19)27-24(30)23(26)18-7-4-3-5-8-18/h3-14,23,25H,15H2,1-2H3,(H,27,30). The third-order valence-electron chi connectivity index (χ3n) is 5.40. The molecular formula is C25H23ClN2O2S. The Bertz CT molecular complexity index is 1120. The number of alkyl halides is 1. The van der Waals surface area contributed by atoms with Gasteiger partial charge in [0.2, 0.25) is 11.8 Å². The number of benzene rings is 3. The highest BCUT2D eigenvalue weighted by Crippen LogP contribution is 2.42. The maximum absolute atomic E-state index is 12.7. The molecule has 1 heterocycles. The predicted molar refractivity (Wildman–Crippen MR) is 129 cm³/mol. The number of carbonyl (C=O) groups is 2. The van der Waals surface area contributed by atoms with Gasteiger partial charge in [-0.05, 0) is 60.4 Å². The Hall–Kier alpha value is -2.76. The first-order chi connectivity index (χ1) is 14.9. The minimum atomic E-state index is -0.778. The van der Waals surface area contributed by atoms with Crippen molar-refractivity contribution < 1.29 is 9.59 Å². The minimum absolute atomic E-state index is 0.0811. The number of anilines is 2. The van der Waals surface area contributed by atoms with Crippen LogP contribution < -0.4 is 10.2 Å². The van der Waals surface area contributed by atoms with Crippen molar-refractivity contribution in [1.29, 1.82) is 0 Å². The summed E-state index contributed by atoms with van der Waals surface area (Å²) < 4.78 is 0. The van der Waals surface area contributed by atoms with Gasteiger partial charge in [0.25, 0.3) is 0 Å². The lowest BCUT2D eigenvalue weighted by Gasteiger charge is -2.25. The van der Waals surface area contributed by atoms with Crippen molar-refractivity contribution in [2.45, 2.75) is 24.6 Å². The molecule has 158 valence electrons. The number of aryl methyl sites for hydroxylation is 2. The van der Waals surface area contributed by atoms with E-state index in [9.17, 15) is 9.59 Å². The summed E-state index contributed by atoms with van der Waals surface area (Å²) in [4.78, 5) is 27.2. The lowest BCUT2D eigenvalue weighted by atomic mass is 10.1. The Morgan fingerprint density at radius 2 is 1.81 bits per heavy atom. The topological polar surface area (TPSA) is 49.4 Å². The number of hydrogen-bond donors (Lipinski definition) is 1. The maximum atomic E-state index is 12.7. The molecule has 0 aromatic heterocycles. The summed E-state index contributed by atoms with van der Waals surface area (Å²) in [6.45, 7) is 4.11. The van der Waals surface area contributed by atoms with Crippen molar-refractivity contribution in [3.63, 3.8) is 0 Å². The maximum Gasteiger partial charge on any atom is 0.246 e. The van der Waals surface area contributed by atoms with Gasteiger partial charge in [-0.15, -0.1) is 23.4 Å². The van der Waals surface area contributed by atoms with Gasteiger partial charge in [-0.3, -0.25) is 14.5 Å². The molecule has 1 aliphatic rings. The number of hydrogen-bond acceptors (Lipinski definition) is 3. The summed E-state index contributed by atoms with van der Waals surface area (Å²) >= 11 is 7.94. The summed E-state index contributed by atoms with van der Waals surface area (Å²) in [6.07, 6.45) is 0. The molecule has 1 saturated heterocycles. The Kier molecular flexibility index (Phi) is 6.35. The van der Waals surface area contributed by atoms with Crippen LogP contribution >= 0.6 is 23.4 Å². The van der Waals surface area contributed by atoms with Gasteiger partial charge < -0.3 is 5.32 Å². The largest absolute Gasteiger partial charge is 0.324 e. The van der Waals surface area contributed by atoms with E-state index in [4.69, 9.17) is 11.6 Å². The van der Waals surface area contributed by atoms with Crippen LogP contribution in [0.25, 0.3) is 0 Å². The minimum Gasteiger partial charge on any atom is -0.324 e. The quantitative estimate of drug-likeness (QED) is 0.485. The van der Waals surface area contributed by atoms with Gasteiger partial charge in [0.15, 0.2) is 0 Å². The molecular weight excluding hydrogens is 428 g/mol. The number of amides is 2. The van der Waals surface area contributed by atoms with E-state index < -0.39 is 5.38 Å². The fourth-order valence-electron chi connectivity index (χ4n) is 3.57. The SMILES string of the molecule is Cc1ccc(N2C(=O)CSC2c2cccc(NC(=O)C(Cl)c3ccccc3)c2)cc1C. The second-order valence-electron chi connectivity index (χ2n) is 7.58. The van der Waals surface area contributed by atoms with Crippen LogP contribution in [0.4, 0.5) is 11.4 Å². The summed E-state index contributed by atoms with van der Waals surface area (Å²) in [5.74, 6) is 0.218. The Balaban J connectivity index is 1.56. The average molecular weight is 451 g/mol. The molecule has 1 fully saturated rings. The van der Waals surface area contributed by atoms with E-state index in [2.05, 4.69) is 18.3 Å². The first kappa shape index (κ1) is 21.5. The van der Waals surface area contributed by atoms with Crippen LogP contribution in [0.1, 0.15) is 33.0 Å². The Labute approximate surface area is 191 Å². The van der Waals surface area contributed by atoms with E-state index >= 15 is 0 Å². The molecule has 0 radical (unpaired) electrons. The summed E-state index contributed by atoms with van der Waals surface area (Å²) in [5, 5.41) is 1.98. The number of thioether (sulfide) groups is 1. The third kappa shape index (κ3) is 4.63. The van der Waals surface area contributed by atoms with Crippen molar-refractivity contribution in [3.05, 3.63) is 95.1 Å². The van der Waals surface area contributed by atoms with Crippen LogP contribution in [0.3, 0.4) is 0 Å². The highest BCUT2D eigenvalue weighted by atomic mass is 35.5. The van der Waals surface area contributed by atoms with E-state index in [-0.39, 0.29) is 17.2 Å². The van der Waals surface area contributed by atoms with E-state index in [0.717, 1.165) is 22.4 Å². The molecule has 1 aliphatic heterocycles. The molecule has 0 saturated carbocycles. The van der Waals surface area contributed by atoms with E-state index in [1.54, 1.807) is 11.8 Å². The zero-order valence-corrected chi connectivity index (χ0v) is 18.9. The molecule has 6 heteroatoms. The molecule has 3 aromatic rings. The predicted octanol–water partition coefficient (Wildman–Crippen LogP) is 6.00. The summed E-state index contributed by atoms with van der Waals surface area (Å²) in [7, 11) is 0. The van der Waals surface area contributed by atoms with Gasteiger partial charge in [0.05, 0.1) is 5.75 Å². The third-order valence-corrected chi connectivity index (χ3v) is 7.06. The molecule has 0 spiro atoms. The number of halogens is 1. The normalized spacial score (nSPS) is 16.9. The van der Waals surface area contributed by atoms with Crippen molar-refractivity contribution in [2.75, 3.05) is 16.0 Å². The molecule has 2 atom stereocenters. The molecule has 3 aromatic carbocycles. The van der Waals surface area contributed by atoms with Crippen molar-refractivity contribution >= 4 is 46.6 Å². The Morgan fingerprint density at radius 1 is 1.03 bits per heavy atom. The van der Waals surface area contributed by atoms with Crippen LogP contribution in [0.2, 0.25) is 0 Å². The monoisotopic (exact) mass is 450 g/mol. The average Bonchev–Trinajstić information content (AvgIpc) is 3.17. The van der Waals surface area contributed by atoms with Crippen molar-refractivity contribution in [3.8, 4) is 0 Å². The van der Waals surface area contributed by atoms with Gasteiger partial charge in [0.1, 0.15) is 10.8 Å². The summed E-state index contributed by atoms with van der Waals surface area (Å²) in [6, 6.07) is 22.9. The van der Waals surface area contributed by atoms with Crippen LogP contribution in [0.5, 0.6) is 0 Å². The highest BCUT2D eigenvalue weighted by Gasteiger charge is 2.34. The van der Waals surface area contributed by atoms with Crippen molar-refractivity contribution in [1.82, 2.24) is 0 Å². The van der Waals surface area contributed by atoms with Crippen LogP contribution in [0, 0.1) is 13.8 Å². The molecule has 1 N–H and O–H groups in total. The number of nitrogens with one attached hydrogen (secondary N) is 1. The fraction of sp³-hybridized carbons (Fsp3) is 0.200. The Morgan fingerprint density at radius 3 is 2.55 bits per heavy atom. The van der Waals surface area contributed by atoms with Crippen LogP contribution in [-0.4, -0.2) is 17.6 Å². The molecule has 0 bridgehead atoms. The molecule has 2 unspecified atom stereocenters. The zero-order valence-electron chi connectivity index (χ0n) is 17.3. The molecule has 31 heavy (non-hydrogen) atoms. The smallest absolute Gasteiger partial charge is 0.246 e. The lowest BCUT2D eigenvalue weighted by molar-refractivity contribution is -0.116. The van der Waals surface area contributed by atoms with Gasteiger partial charge in [-0.1, -0.05) is 48.5 Å². The second-order valence-corrected chi connectivity index (χ2v) is 9.09. The van der Waals surface area contributed by atoms with Gasteiger partial charge >= 0.3 is 0 Å². The number of carbonyl (C=O) groups excluding carboxylic acids is 2. The van der Waals surface area contributed by atoms with E-state index in [1.807, 2.05) is 78.6 Å². The van der Waals surface area contributed by atoms with Crippen LogP contribution in [0.15, 0.2) is 72.8 Å². The van der Waals surface area contributed by atoms with E-state index in [0.29, 0.717) is 11.4 Å². The molecule has 2 amide bonds. The first-order valence-corrected chi connectivity index (χ1v) is 11.5. The number of rotatable bonds is 5. The van der Waals surface area contributed by atoms with Gasteiger partial charge in [-0.2, -0.15) is 0 Å². The molecule has 4 rings (SSSR count). The number of nitrogens with zero attached hydrogens (tertiary/aromatic N) is 1. The van der Waals surface area contributed by atoms with Gasteiger partial charge in [0, 0.05) is 11.4 Å². The van der Waals surface area contributed by atoms with Gasteiger partial charge in [-0.25, -0.2) is 0 Å². The molecule has 0 aliphatic carbocycles. The zero-order chi connectivity index (χ0) is 22.0. The highest BCUT2D eigenvalue weighted by molar-refractivity contribution is 8.00. The summed E-state index contributed by atoms with van der Waals surface area (Å²) in [5.41, 5.74) is 5.59. The van der Waals surface area contributed by atoms with E-state index in [1.165, 1.54) is 5.56 Å². The molecule has 4 nitrogen and oxygen atoms in total. The lowest BCUT2D eigenvalue weighted by Crippen LogP contribution is -2.28. The first-order valence-electron chi connectivity index (χ1n) is 10.0. The second kappa shape index (κ2) is 9.16. The van der Waals surface area contributed by atoms with Crippen molar-refractivity contribution in [2.24, 2.45) is 0 Å². The fourth-order valence-corrected chi connectivity index (χ4v) is 4.94. The van der Waals surface area contributed by atoms with Crippen LogP contribution in [-0.2, 0) is 9.59 Å².